The fourth-order valence-corrected chi connectivity index (χ4v) is 13.3. The van der Waals surface area contributed by atoms with Gasteiger partial charge in [-0.3, -0.25) is 0 Å². The molecule has 0 saturated carbocycles. The lowest BCUT2D eigenvalue weighted by atomic mass is 10.1. The first-order chi connectivity index (χ1) is 26.2. The van der Waals surface area contributed by atoms with E-state index in [0.29, 0.717) is 0 Å². The molecule has 0 radical (unpaired) electrons. The molecule has 0 rings (SSSR count). The number of hydrogen-bond donors (Lipinski definition) is 1. The summed E-state index contributed by atoms with van der Waals surface area (Å²) >= 11 is 4.73. The molecule has 0 aromatic rings. The molecule has 0 atom stereocenters. The van der Waals surface area contributed by atoms with E-state index in [1.54, 1.807) is 0 Å². The van der Waals surface area contributed by atoms with Gasteiger partial charge in [0.25, 0.3) is 0 Å². The Kier molecular flexibility index (Phi) is 45.6. The van der Waals surface area contributed by atoms with Gasteiger partial charge in [-0.15, -0.1) is 0 Å². The monoisotopic (exact) mass is 782 g/mol. The molecule has 53 heavy (non-hydrogen) atoms. The predicted octanol–water partition coefficient (Wildman–Crippen LogP) is 17.7. The molecule has 320 valence electrons. The first kappa shape index (κ1) is 53.5. The largest absolute Gasteiger partial charge is 0.416 e. The molecule has 0 unspecified atom stereocenters. The molecule has 0 aliphatic rings. The number of nitrogens with zero attached hydrogens (tertiary/aromatic N) is 1. The third-order valence-corrected chi connectivity index (χ3v) is 17.2. The van der Waals surface area contributed by atoms with Gasteiger partial charge in [0.2, 0.25) is 0 Å². The molecular weight excluding hydrogens is 679 g/mol. The first-order valence-corrected chi connectivity index (χ1v) is 28.3. The third kappa shape index (κ3) is 39.1. The predicted molar refractivity (Wildman–Crippen MR) is 250 cm³/mol. The molecule has 0 aromatic heterocycles. The molecule has 0 N–H and O–H groups in total. The summed E-state index contributed by atoms with van der Waals surface area (Å²) in [5, 5.41) is 0. The smallest absolute Gasteiger partial charge is 0.192 e. The van der Waals surface area contributed by atoms with Crippen molar-refractivity contribution in [3.8, 4) is 0 Å². The number of thiol groups is 1. The van der Waals surface area contributed by atoms with E-state index < -0.39 is 8.32 Å². The molecule has 0 aromatic carbocycles. The van der Waals surface area contributed by atoms with Crippen molar-refractivity contribution in [1.82, 2.24) is 4.90 Å². The highest BCUT2D eigenvalue weighted by molar-refractivity contribution is 7.80. The Morgan fingerprint density at radius 1 is 0.321 bits per heavy atom. The van der Waals surface area contributed by atoms with Gasteiger partial charge in [0.1, 0.15) is 0 Å². The van der Waals surface area contributed by atoms with Gasteiger partial charge < -0.3 is 9.33 Å². The van der Waals surface area contributed by atoms with Crippen LogP contribution in [0.15, 0.2) is 0 Å². The molecule has 0 bridgehead atoms. The summed E-state index contributed by atoms with van der Waals surface area (Å²) in [7, 11) is -1.76. The zero-order valence-corrected chi connectivity index (χ0v) is 39.5. The minimum Gasteiger partial charge on any atom is -0.416 e. The molecule has 0 saturated heterocycles. The van der Waals surface area contributed by atoms with Crippen LogP contribution in [-0.4, -0.2) is 45.2 Å². The van der Waals surface area contributed by atoms with Gasteiger partial charge in [-0.1, -0.05) is 246 Å². The average molecular weight is 783 g/mol. The van der Waals surface area contributed by atoms with Gasteiger partial charge in [0, 0.05) is 13.2 Å². The van der Waals surface area contributed by atoms with E-state index >= 15 is 0 Å². The summed E-state index contributed by atoms with van der Waals surface area (Å²) in [6.45, 7) is 14.0. The summed E-state index contributed by atoms with van der Waals surface area (Å²) < 4.78 is 7.36. The highest BCUT2D eigenvalue weighted by Gasteiger charge is 2.33. The summed E-state index contributed by atoms with van der Waals surface area (Å²) in [4.78, 5) is 2.83. The Labute approximate surface area is 344 Å². The molecule has 4 heteroatoms. The highest BCUT2D eigenvalue weighted by atomic mass is 32.1. The van der Waals surface area contributed by atoms with Crippen LogP contribution >= 0.6 is 12.6 Å². The SMILES string of the molecule is CCCCCCCCCCCC[Si](CCCS)(CCCCCCCCCCCC)OCCN(CCCCCCCCCC)CCCCCCCCCC. The van der Waals surface area contributed by atoms with Gasteiger partial charge in [-0.25, -0.2) is 0 Å². The highest BCUT2D eigenvalue weighted by Crippen LogP contribution is 2.31. The molecule has 2 nitrogen and oxygen atoms in total. The van der Waals surface area contributed by atoms with Gasteiger partial charge in [-0.05, 0) is 56.2 Å². The van der Waals surface area contributed by atoms with Crippen LogP contribution in [0.5, 0.6) is 0 Å². The first-order valence-electron chi connectivity index (χ1n) is 25.1. The van der Waals surface area contributed by atoms with Crippen LogP contribution < -0.4 is 0 Å². The zero-order chi connectivity index (χ0) is 38.6. The second-order valence-corrected chi connectivity index (χ2v) is 22.1. The summed E-state index contributed by atoms with van der Waals surface area (Å²) in [6, 6.07) is 4.16. The number of unbranched alkanes of at least 4 members (excludes halogenated alkanes) is 32. The van der Waals surface area contributed by atoms with Gasteiger partial charge in [0.05, 0.1) is 0 Å². The second-order valence-electron chi connectivity index (χ2n) is 17.5. The maximum absolute atomic E-state index is 7.36. The van der Waals surface area contributed by atoms with Crippen LogP contribution in [0.1, 0.15) is 265 Å². The van der Waals surface area contributed by atoms with Gasteiger partial charge in [0.15, 0.2) is 8.32 Å². The van der Waals surface area contributed by atoms with Gasteiger partial charge in [-0.2, -0.15) is 12.6 Å². The fourth-order valence-electron chi connectivity index (χ4n) is 8.53. The third-order valence-electron chi connectivity index (χ3n) is 12.2. The lowest BCUT2D eigenvalue weighted by Gasteiger charge is -2.33. The molecule has 0 heterocycles. The van der Waals surface area contributed by atoms with E-state index in [0.717, 1.165) is 12.4 Å². The molecule has 0 amide bonds. The van der Waals surface area contributed by atoms with E-state index in [9.17, 15) is 0 Å². The zero-order valence-electron chi connectivity index (χ0n) is 37.6. The van der Waals surface area contributed by atoms with E-state index in [1.807, 2.05) is 0 Å². The van der Waals surface area contributed by atoms with Crippen molar-refractivity contribution in [2.24, 2.45) is 0 Å². The van der Waals surface area contributed by atoms with Crippen molar-refractivity contribution in [3.05, 3.63) is 0 Å². The Balaban J connectivity index is 5.12. The normalized spacial score (nSPS) is 12.1. The van der Waals surface area contributed by atoms with Crippen molar-refractivity contribution < 1.29 is 4.43 Å². The lowest BCUT2D eigenvalue weighted by Crippen LogP contribution is -2.41. The van der Waals surface area contributed by atoms with E-state index in [4.69, 9.17) is 17.1 Å². The van der Waals surface area contributed by atoms with E-state index in [-0.39, 0.29) is 0 Å². The maximum atomic E-state index is 7.36. The van der Waals surface area contributed by atoms with Crippen LogP contribution in [-0.2, 0) is 4.43 Å². The van der Waals surface area contributed by atoms with E-state index in [1.165, 1.54) is 275 Å². The lowest BCUT2D eigenvalue weighted by molar-refractivity contribution is 0.194. The topological polar surface area (TPSA) is 12.5 Å². The maximum Gasteiger partial charge on any atom is 0.192 e. The molecule has 0 spiro atoms. The quantitative estimate of drug-likeness (QED) is 0.0375. The van der Waals surface area contributed by atoms with Crippen LogP contribution in [0, 0.1) is 0 Å². The molecule has 0 fully saturated rings. The van der Waals surface area contributed by atoms with Crippen molar-refractivity contribution in [2.45, 2.75) is 283 Å². The standard InChI is InChI=1S/C49H103NOSSi/c1-5-9-13-17-21-25-27-31-35-39-47-53(49-41-46-52,48-40-36-32-28-26-22-18-14-10-6-2)51-45-44-50(42-37-33-29-23-19-15-11-7-3)43-38-34-30-24-20-16-12-8-4/h52H,5-49H2,1-4H3. The summed E-state index contributed by atoms with van der Waals surface area (Å²) in [6.07, 6.45) is 52.5. The average Bonchev–Trinajstić information content (AvgIpc) is 3.17. The van der Waals surface area contributed by atoms with Crippen LogP contribution in [0.25, 0.3) is 0 Å². The minimum absolute atomic E-state index is 0.988. The minimum atomic E-state index is -1.76. The van der Waals surface area contributed by atoms with Gasteiger partial charge >= 0.3 is 0 Å². The Morgan fingerprint density at radius 2 is 0.585 bits per heavy atom. The van der Waals surface area contributed by atoms with Crippen molar-refractivity contribution in [2.75, 3.05) is 32.0 Å². The Hall–Kier alpha value is 0.487. The Morgan fingerprint density at radius 3 is 0.887 bits per heavy atom. The van der Waals surface area contributed by atoms with Crippen LogP contribution in [0.2, 0.25) is 18.1 Å². The molecule has 0 aliphatic heterocycles. The fraction of sp³-hybridized carbons (Fsp3) is 1.00. The number of hydrogen-bond acceptors (Lipinski definition) is 3. The van der Waals surface area contributed by atoms with Crippen molar-refractivity contribution in [3.63, 3.8) is 0 Å². The molecular formula is C49H103NOSSi. The van der Waals surface area contributed by atoms with Crippen molar-refractivity contribution in [1.29, 1.82) is 0 Å². The van der Waals surface area contributed by atoms with E-state index in [2.05, 4.69) is 32.6 Å². The van der Waals surface area contributed by atoms with Crippen LogP contribution in [0.4, 0.5) is 0 Å². The summed E-state index contributed by atoms with van der Waals surface area (Å²) in [5.74, 6) is 1.02. The molecule has 0 aliphatic carbocycles. The Bertz CT molecular complexity index is 618. The van der Waals surface area contributed by atoms with Crippen LogP contribution in [0.3, 0.4) is 0 Å². The summed E-state index contributed by atoms with van der Waals surface area (Å²) in [5.41, 5.74) is 0. The second kappa shape index (κ2) is 45.2. The van der Waals surface area contributed by atoms with Crippen molar-refractivity contribution >= 4 is 20.9 Å². The number of rotatable bonds is 47.